The van der Waals surface area contributed by atoms with Gasteiger partial charge in [-0.3, -0.25) is 4.79 Å². The van der Waals surface area contributed by atoms with Gasteiger partial charge in [-0.25, -0.2) is 0 Å². The zero-order chi connectivity index (χ0) is 17.7. The van der Waals surface area contributed by atoms with Gasteiger partial charge < -0.3 is 9.64 Å². The van der Waals surface area contributed by atoms with Crippen molar-refractivity contribution in [2.45, 2.75) is 64.7 Å². The number of unbranched alkanes of at least 4 members (excludes halogenated alkanes) is 5. The minimum Gasteiger partial charge on any atom is -0.494 e. The molecule has 0 atom stereocenters. The molecule has 1 amide bonds. The molecule has 0 aromatic heterocycles. The highest BCUT2D eigenvalue weighted by Gasteiger charge is 2.13. The first-order valence-corrected chi connectivity index (χ1v) is 9.99. The van der Waals surface area contributed by atoms with Crippen LogP contribution in [0.3, 0.4) is 0 Å². The number of hydrogen-bond donors (Lipinski definition) is 0. The Morgan fingerprint density at radius 1 is 1.00 bits per heavy atom. The second-order valence-corrected chi connectivity index (χ2v) is 6.90. The molecule has 1 saturated heterocycles. The van der Waals surface area contributed by atoms with Crippen LogP contribution in [0.15, 0.2) is 30.3 Å². The van der Waals surface area contributed by atoms with Gasteiger partial charge in [-0.1, -0.05) is 51.2 Å². The second-order valence-electron chi connectivity index (χ2n) is 6.90. The summed E-state index contributed by atoms with van der Waals surface area (Å²) in [4.78, 5) is 14.1. The Labute approximate surface area is 153 Å². The van der Waals surface area contributed by atoms with Crippen molar-refractivity contribution in [3.05, 3.63) is 35.9 Å². The van der Waals surface area contributed by atoms with E-state index in [0.717, 1.165) is 50.3 Å². The largest absolute Gasteiger partial charge is 0.494 e. The minimum absolute atomic E-state index is 0.128. The molecule has 3 nitrogen and oxygen atoms in total. The molecule has 1 aromatic rings. The summed E-state index contributed by atoms with van der Waals surface area (Å²) in [6.45, 7) is 4.82. The van der Waals surface area contributed by atoms with Gasteiger partial charge in [0, 0.05) is 19.2 Å². The quantitative estimate of drug-likeness (QED) is 0.417. The van der Waals surface area contributed by atoms with Gasteiger partial charge in [-0.15, -0.1) is 0 Å². The summed E-state index contributed by atoms with van der Waals surface area (Å²) < 4.78 is 5.79. The highest BCUT2D eigenvalue weighted by atomic mass is 16.5. The van der Waals surface area contributed by atoms with Crippen LogP contribution in [0.25, 0.3) is 6.08 Å². The Kier molecular flexibility index (Phi) is 9.17. The topological polar surface area (TPSA) is 29.5 Å². The predicted octanol–water partition coefficient (Wildman–Crippen LogP) is 5.45. The second kappa shape index (κ2) is 11.7. The molecular weight excluding hydrogens is 310 g/mol. The van der Waals surface area contributed by atoms with E-state index in [0.29, 0.717) is 0 Å². The molecule has 25 heavy (non-hydrogen) atoms. The first kappa shape index (κ1) is 19.6. The molecule has 2 rings (SSSR count). The molecule has 0 N–H and O–H groups in total. The van der Waals surface area contributed by atoms with Crippen molar-refractivity contribution in [1.82, 2.24) is 4.90 Å². The van der Waals surface area contributed by atoms with Crippen LogP contribution in [-0.4, -0.2) is 30.5 Å². The van der Waals surface area contributed by atoms with Crippen LogP contribution in [0.4, 0.5) is 0 Å². The zero-order valence-electron chi connectivity index (χ0n) is 15.7. The van der Waals surface area contributed by atoms with Gasteiger partial charge >= 0.3 is 0 Å². The molecule has 0 aliphatic carbocycles. The van der Waals surface area contributed by atoms with E-state index in [-0.39, 0.29) is 5.91 Å². The maximum Gasteiger partial charge on any atom is 0.246 e. The first-order valence-electron chi connectivity index (χ1n) is 9.99. The smallest absolute Gasteiger partial charge is 0.246 e. The SMILES string of the molecule is CCCCCCCCOc1ccc(C=CC(=O)N2CCCCC2)cc1. The number of ether oxygens (including phenoxy) is 1. The molecule has 138 valence electrons. The molecule has 0 saturated carbocycles. The van der Waals surface area contributed by atoms with Crippen LogP contribution in [0.1, 0.15) is 70.3 Å². The maximum absolute atomic E-state index is 12.1. The number of amides is 1. The van der Waals surface area contributed by atoms with E-state index in [1.807, 2.05) is 35.2 Å². The highest BCUT2D eigenvalue weighted by Crippen LogP contribution is 2.15. The van der Waals surface area contributed by atoms with Crippen molar-refractivity contribution < 1.29 is 9.53 Å². The Morgan fingerprint density at radius 3 is 2.40 bits per heavy atom. The molecule has 0 spiro atoms. The van der Waals surface area contributed by atoms with E-state index in [4.69, 9.17) is 4.74 Å². The van der Waals surface area contributed by atoms with Gasteiger partial charge in [-0.05, 0) is 49.5 Å². The molecule has 0 bridgehead atoms. The number of likely N-dealkylation sites (tertiary alicyclic amines) is 1. The van der Waals surface area contributed by atoms with Gasteiger partial charge in [0.05, 0.1) is 6.61 Å². The fourth-order valence-corrected chi connectivity index (χ4v) is 3.13. The molecular formula is C22H33NO2. The summed E-state index contributed by atoms with van der Waals surface area (Å²) in [6.07, 6.45) is 14.7. The van der Waals surface area contributed by atoms with Crippen LogP contribution in [0.2, 0.25) is 0 Å². The molecule has 1 aliphatic heterocycles. The Morgan fingerprint density at radius 2 is 1.68 bits per heavy atom. The van der Waals surface area contributed by atoms with E-state index in [1.165, 1.54) is 38.5 Å². The Hall–Kier alpha value is -1.77. The van der Waals surface area contributed by atoms with E-state index >= 15 is 0 Å². The number of carbonyl (C=O) groups is 1. The lowest BCUT2D eigenvalue weighted by molar-refractivity contribution is -0.126. The Bertz CT molecular complexity index is 515. The number of benzene rings is 1. The van der Waals surface area contributed by atoms with Gasteiger partial charge in [0.2, 0.25) is 5.91 Å². The minimum atomic E-state index is 0.128. The van der Waals surface area contributed by atoms with Gasteiger partial charge in [0.1, 0.15) is 5.75 Å². The lowest BCUT2D eigenvalue weighted by atomic mass is 10.1. The summed E-state index contributed by atoms with van der Waals surface area (Å²) in [6, 6.07) is 8.00. The summed E-state index contributed by atoms with van der Waals surface area (Å²) in [7, 11) is 0. The van der Waals surface area contributed by atoms with Crippen molar-refractivity contribution in [3.8, 4) is 5.75 Å². The number of rotatable bonds is 10. The van der Waals surface area contributed by atoms with Crippen molar-refractivity contribution in [3.63, 3.8) is 0 Å². The molecule has 1 aromatic carbocycles. The van der Waals surface area contributed by atoms with Crippen molar-refractivity contribution in [2.75, 3.05) is 19.7 Å². The third kappa shape index (κ3) is 7.76. The van der Waals surface area contributed by atoms with Gasteiger partial charge in [0.15, 0.2) is 0 Å². The average molecular weight is 344 g/mol. The monoisotopic (exact) mass is 343 g/mol. The predicted molar refractivity (Wildman–Crippen MR) is 105 cm³/mol. The van der Waals surface area contributed by atoms with Crippen LogP contribution in [0, 0.1) is 0 Å². The van der Waals surface area contributed by atoms with Gasteiger partial charge in [0.25, 0.3) is 0 Å². The fraction of sp³-hybridized carbons (Fsp3) is 0.591. The van der Waals surface area contributed by atoms with Crippen LogP contribution < -0.4 is 4.74 Å². The summed E-state index contributed by atoms with van der Waals surface area (Å²) in [5, 5.41) is 0. The molecule has 0 unspecified atom stereocenters. The van der Waals surface area contributed by atoms with E-state index in [1.54, 1.807) is 6.08 Å². The number of carbonyl (C=O) groups excluding carboxylic acids is 1. The number of hydrogen-bond acceptors (Lipinski definition) is 2. The number of piperidine rings is 1. The van der Waals surface area contributed by atoms with E-state index in [2.05, 4.69) is 6.92 Å². The fourth-order valence-electron chi connectivity index (χ4n) is 3.13. The third-order valence-electron chi connectivity index (χ3n) is 4.73. The first-order chi connectivity index (χ1) is 12.3. The summed E-state index contributed by atoms with van der Waals surface area (Å²) in [5.74, 6) is 1.04. The molecule has 3 heteroatoms. The van der Waals surface area contributed by atoms with Crippen molar-refractivity contribution in [1.29, 1.82) is 0 Å². The van der Waals surface area contributed by atoms with Gasteiger partial charge in [-0.2, -0.15) is 0 Å². The van der Waals surface area contributed by atoms with Crippen LogP contribution >= 0.6 is 0 Å². The third-order valence-corrected chi connectivity index (χ3v) is 4.73. The highest BCUT2D eigenvalue weighted by molar-refractivity contribution is 5.91. The standard InChI is InChI=1S/C22H33NO2/c1-2-3-4-5-6-10-19-25-21-14-11-20(12-15-21)13-16-22(24)23-17-8-7-9-18-23/h11-16H,2-10,17-19H2,1H3. The van der Waals surface area contributed by atoms with Crippen LogP contribution in [-0.2, 0) is 4.79 Å². The Balaban J connectivity index is 1.66. The molecule has 0 radical (unpaired) electrons. The zero-order valence-corrected chi connectivity index (χ0v) is 15.7. The maximum atomic E-state index is 12.1. The average Bonchev–Trinajstić information content (AvgIpc) is 2.67. The molecule has 1 fully saturated rings. The van der Waals surface area contributed by atoms with Crippen LogP contribution in [0.5, 0.6) is 5.75 Å². The normalized spacial score (nSPS) is 14.8. The van der Waals surface area contributed by atoms with Crippen molar-refractivity contribution in [2.24, 2.45) is 0 Å². The lowest BCUT2D eigenvalue weighted by Gasteiger charge is -2.25. The molecule has 1 aliphatic rings. The number of nitrogens with zero attached hydrogens (tertiary/aromatic N) is 1. The molecule has 1 heterocycles. The van der Waals surface area contributed by atoms with Crippen molar-refractivity contribution >= 4 is 12.0 Å². The van der Waals surface area contributed by atoms with E-state index < -0.39 is 0 Å². The summed E-state index contributed by atoms with van der Waals surface area (Å²) >= 11 is 0. The van der Waals surface area contributed by atoms with E-state index in [9.17, 15) is 4.79 Å². The lowest BCUT2D eigenvalue weighted by Crippen LogP contribution is -2.34. The summed E-state index contributed by atoms with van der Waals surface area (Å²) in [5.41, 5.74) is 1.04.